The molecular formula is C14H10F9N5O2S. The van der Waals surface area contributed by atoms with E-state index in [1.807, 2.05) is 0 Å². The zero-order valence-electron chi connectivity index (χ0n) is 14.9. The van der Waals surface area contributed by atoms with Crippen molar-refractivity contribution in [3.63, 3.8) is 0 Å². The van der Waals surface area contributed by atoms with Crippen molar-refractivity contribution in [3.05, 3.63) is 24.0 Å². The number of nitrogens with two attached hydrogens (primary N) is 1. The zero-order valence-corrected chi connectivity index (χ0v) is 15.7. The monoisotopic (exact) mass is 483 g/mol. The van der Waals surface area contributed by atoms with Crippen LogP contribution in [0.15, 0.2) is 23.2 Å². The Morgan fingerprint density at radius 1 is 0.935 bits per heavy atom. The maximum absolute atomic E-state index is 13.9. The van der Waals surface area contributed by atoms with Gasteiger partial charge in [-0.25, -0.2) is 18.4 Å². The van der Waals surface area contributed by atoms with Gasteiger partial charge < -0.3 is 5.73 Å². The van der Waals surface area contributed by atoms with Crippen molar-refractivity contribution in [1.82, 2.24) is 20.2 Å². The largest absolute Gasteiger partial charge is 0.460 e. The summed E-state index contributed by atoms with van der Waals surface area (Å²) in [6.07, 6.45) is -6.24. The Morgan fingerprint density at radius 3 is 1.97 bits per heavy atom. The topological polar surface area (TPSA) is 112 Å². The van der Waals surface area contributed by atoms with Gasteiger partial charge in [0, 0.05) is 0 Å². The van der Waals surface area contributed by atoms with Gasteiger partial charge >= 0.3 is 23.9 Å². The molecule has 0 saturated carbocycles. The van der Waals surface area contributed by atoms with E-state index in [1.165, 1.54) is 6.92 Å². The summed E-state index contributed by atoms with van der Waals surface area (Å²) in [6, 6.07) is 0.401. The van der Waals surface area contributed by atoms with Gasteiger partial charge in [0.2, 0.25) is 5.95 Å². The fraction of sp³-hybridized carbons (Fsp3) is 0.429. The Kier molecular flexibility index (Phi) is 5.90. The quantitative estimate of drug-likeness (QED) is 0.628. The molecule has 0 aliphatic rings. The number of rotatable bonds is 6. The third-order valence-electron chi connectivity index (χ3n) is 3.86. The molecule has 17 heteroatoms. The van der Waals surface area contributed by atoms with Gasteiger partial charge in [-0.05, 0) is 12.1 Å². The van der Waals surface area contributed by atoms with Crippen LogP contribution in [0.5, 0.6) is 0 Å². The number of halogens is 9. The SMILES string of the molecule is CCS(=O)(=O)c1cnc(N)nc1-c1ccc(C(F)(F)C(F)(F)C(F)(F)C(F)(F)F)nn1. The molecule has 0 aliphatic heterocycles. The van der Waals surface area contributed by atoms with E-state index in [1.54, 1.807) is 0 Å². The third kappa shape index (κ3) is 3.97. The van der Waals surface area contributed by atoms with Crippen LogP contribution in [0.3, 0.4) is 0 Å². The Labute approximate surface area is 167 Å². The van der Waals surface area contributed by atoms with Crippen LogP contribution in [-0.4, -0.2) is 52.4 Å². The van der Waals surface area contributed by atoms with Crippen LogP contribution < -0.4 is 5.73 Å². The number of hydrogen-bond donors (Lipinski definition) is 1. The molecular weight excluding hydrogens is 473 g/mol. The fourth-order valence-corrected chi connectivity index (χ4v) is 3.08. The number of sulfone groups is 1. The van der Waals surface area contributed by atoms with Crippen LogP contribution in [-0.2, 0) is 15.8 Å². The van der Waals surface area contributed by atoms with Crippen molar-refractivity contribution in [1.29, 1.82) is 0 Å². The van der Waals surface area contributed by atoms with E-state index >= 15 is 0 Å². The lowest BCUT2D eigenvalue weighted by Crippen LogP contribution is -2.59. The number of hydrogen-bond acceptors (Lipinski definition) is 7. The van der Waals surface area contributed by atoms with Gasteiger partial charge in [-0.3, -0.25) is 0 Å². The summed E-state index contributed by atoms with van der Waals surface area (Å²) < 4.78 is 142. The molecule has 0 bridgehead atoms. The van der Waals surface area contributed by atoms with Crippen LogP contribution in [0.25, 0.3) is 11.4 Å². The van der Waals surface area contributed by atoms with Gasteiger partial charge in [0.15, 0.2) is 9.84 Å². The summed E-state index contributed by atoms with van der Waals surface area (Å²) >= 11 is 0. The van der Waals surface area contributed by atoms with Crippen LogP contribution in [0.2, 0.25) is 0 Å². The first-order valence-electron chi connectivity index (χ1n) is 7.80. The van der Waals surface area contributed by atoms with E-state index < -0.39 is 67.5 Å². The average Bonchev–Trinajstić information content (AvgIpc) is 2.66. The molecule has 0 fully saturated rings. The van der Waals surface area contributed by atoms with Crippen LogP contribution in [0, 0.1) is 0 Å². The molecule has 7 nitrogen and oxygen atoms in total. The lowest BCUT2D eigenvalue weighted by atomic mass is 10.0. The smallest absolute Gasteiger partial charge is 0.368 e. The van der Waals surface area contributed by atoms with Crippen molar-refractivity contribution in [2.45, 2.75) is 35.8 Å². The van der Waals surface area contributed by atoms with Crippen LogP contribution in [0.4, 0.5) is 45.5 Å². The number of aromatic nitrogens is 4. The molecule has 2 heterocycles. The summed E-state index contributed by atoms with van der Waals surface area (Å²) in [5.74, 6) is -21.1. The molecule has 2 rings (SSSR count). The molecule has 0 atom stereocenters. The van der Waals surface area contributed by atoms with Crippen molar-refractivity contribution in [2.24, 2.45) is 0 Å². The molecule has 0 spiro atoms. The second-order valence-electron chi connectivity index (χ2n) is 5.87. The fourth-order valence-electron chi connectivity index (χ4n) is 2.11. The zero-order chi connectivity index (χ0) is 24.0. The molecule has 0 amide bonds. The predicted octanol–water partition coefficient (Wildman–Crippen LogP) is 3.23. The molecule has 0 unspecified atom stereocenters. The van der Waals surface area contributed by atoms with E-state index in [0.717, 1.165) is 6.20 Å². The summed E-state index contributed by atoms with van der Waals surface area (Å²) in [5, 5.41) is 5.61. The Hall–Kier alpha value is -2.72. The first-order chi connectivity index (χ1) is 13.9. The predicted molar refractivity (Wildman–Crippen MR) is 85.0 cm³/mol. The molecule has 2 aromatic rings. The molecule has 0 radical (unpaired) electrons. The Balaban J connectivity index is 2.58. The van der Waals surface area contributed by atoms with Gasteiger partial charge in [0.25, 0.3) is 0 Å². The number of nitrogen functional groups attached to an aromatic ring is 1. The first kappa shape index (κ1) is 24.5. The molecule has 31 heavy (non-hydrogen) atoms. The first-order valence-corrected chi connectivity index (χ1v) is 9.45. The lowest BCUT2D eigenvalue weighted by molar-refractivity contribution is -0.400. The van der Waals surface area contributed by atoms with E-state index in [2.05, 4.69) is 20.2 Å². The maximum atomic E-state index is 13.9. The van der Waals surface area contributed by atoms with Gasteiger partial charge in [-0.1, -0.05) is 6.92 Å². The van der Waals surface area contributed by atoms with Crippen LogP contribution >= 0.6 is 0 Å². The summed E-state index contributed by atoms with van der Waals surface area (Å²) in [5.41, 5.74) is 1.88. The normalized spacial score (nSPS) is 14.0. The standard InChI is InChI=1S/C14H10F9N5O2S/c1-2-31(29,30)7-5-25-10(24)26-9(7)6-3-4-8(28-27-6)11(15,16)12(17,18)13(19,20)14(21,22)23/h3-5H,2H2,1H3,(H2,24,25,26). The molecule has 0 aromatic carbocycles. The number of anilines is 1. The van der Waals surface area contributed by atoms with Crippen molar-refractivity contribution >= 4 is 15.8 Å². The third-order valence-corrected chi connectivity index (χ3v) is 5.59. The minimum Gasteiger partial charge on any atom is -0.368 e. The average molecular weight is 483 g/mol. The van der Waals surface area contributed by atoms with E-state index in [-0.39, 0.29) is 6.07 Å². The second kappa shape index (κ2) is 7.45. The highest BCUT2D eigenvalue weighted by Crippen LogP contribution is 2.56. The van der Waals surface area contributed by atoms with Crippen molar-refractivity contribution in [2.75, 3.05) is 11.5 Å². The molecule has 172 valence electrons. The van der Waals surface area contributed by atoms with Crippen LogP contribution in [0.1, 0.15) is 12.6 Å². The lowest BCUT2D eigenvalue weighted by Gasteiger charge is -2.33. The summed E-state index contributed by atoms with van der Waals surface area (Å²) in [4.78, 5) is 6.41. The summed E-state index contributed by atoms with van der Waals surface area (Å²) in [6.45, 7) is 1.23. The molecule has 0 aliphatic carbocycles. The molecule has 0 saturated heterocycles. The molecule has 2 N–H and O–H groups in total. The highest BCUT2D eigenvalue weighted by molar-refractivity contribution is 7.91. The summed E-state index contributed by atoms with van der Waals surface area (Å²) in [7, 11) is -4.03. The van der Waals surface area contributed by atoms with Gasteiger partial charge in [-0.15, -0.1) is 10.2 Å². The maximum Gasteiger partial charge on any atom is 0.460 e. The van der Waals surface area contributed by atoms with Gasteiger partial charge in [0.1, 0.15) is 22.0 Å². The van der Waals surface area contributed by atoms with Crippen molar-refractivity contribution < 1.29 is 47.9 Å². The van der Waals surface area contributed by atoms with Gasteiger partial charge in [0.05, 0.1) is 11.9 Å². The minimum absolute atomic E-state index is 0.0245. The Bertz CT molecular complexity index is 1070. The Morgan fingerprint density at radius 2 is 1.52 bits per heavy atom. The van der Waals surface area contributed by atoms with E-state index in [0.29, 0.717) is 6.07 Å². The second-order valence-corrected chi connectivity index (χ2v) is 8.12. The van der Waals surface area contributed by atoms with Crippen molar-refractivity contribution in [3.8, 4) is 11.4 Å². The minimum atomic E-state index is -7.10. The highest BCUT2D eigenvalue weighted by Gasteiger charge is 2.82. The van der Waals surface area contributed by atoms with Gasteiger partial charge in [-0.2, -0.15) is 39.5 Å². The number of alkyl halides is 9. The highest BCUT2D eigenvalue weighted by atomic mass is 32.2. The van der Waals surface area contributed by atoms with E-state index in [9.17, 15) is 47.9 Å². The van der Waals surface area contributed by atoms with E-state index in [4.69, 9.17) is 5.73 Å². The molecule has 2 aromatic heterocycles. The number of nitrogens with zero attached hydrogens (tertiary/aromatic N) is 4.